The molecule has 0 radical (unpaired) electrons. The molecule has 0 aliphatic rings. The Balaban J connectivity index is 2.79. The quantitative estimate of drug-likeness (QED) is 0.794. The summed E-state index contributed by atoms with van der Waals surface area (Å²) in [6.45, 7) is 6.00. The van der Waals surface area contributed by atoms with Crippen LogP contribution in [0.2, 0.25) is 0 Å². The smallest absolute Gasteiger partial charge is 0.328 e. The molecule has 0 saturated heterocycles. The van der Waals surface area contributed by atoms with E-state index in [4.69, 9.17) is 4.74 Å². The number of methoxy groups -OCH3 is 1. The predicted molar refractivity (Wildman–Crippen MR) is 65.4 cm³/mol. The van der Waals surface area contributed by atoms with Crippen LogP contribution in [0.4, 0.5) is 5.69 Å². The topological polar surface area (TPSA) is 38.3 Å². The standard InChI is InChI=1S/C13H19NO2/c1-9(2)12(13(15)16-4)14-11-7-5-6-10(3)8-11/h5-9,12,14H,1-4H3/t12-/m0/s1. The highest BCUT2D eigenvalue weighted by molar-refractivity contribution is 5.79. The molecule has 0 bridgehead atoms. The summed E-state index contributed by atoms with van der Waals surface area (Å²) in [7, 11) is 1.41. The molecule has 0 aliphatic heterocycles. The lowest BCUT2D eigenvalue weighted by Gasteiger charge is -2.21. The average Bonchev–Trinajstić information content (AvgIpc) is 2.24. The molecular formula is C13H19NO2. The summed E-state index contributed by atoms with van der Waals surface area (Å²) in [6.07, 6.45) is 0. The summed E-state index contributed by atoms with van der Waals surface area (Å²) < 4.78 is 4.77. The van der Waals surface area contributed by atoms with E-state index in [1.54, 1.807) is 0 Å². The van der Waals surface area contributed by atoms with Gasteiger partial charge < -0.3 is 10.1 Å². The van der Waals surface area contributed by atoms with E-state index in [0.717, 1.165) is 11.3 Å². The number of carbonyl (C=O) groups is 1. The van der Waals surface area contributed by atoms with Gasteiger partial charge in [-0.15, -0.1) is 0 Å². The number of benzene rings is 1. The van der Waals surface area contributed by atoms with Crippen molar-refractivity contribution in [1.82, 2.24) is 0 Å². The maximum atomic E-state index is 11.6. The van der Waals surface area contributed by atoms with Crippen molar-refractivity contribution in [1.29, 1.82) is 0 Å². The third-order valence-electron chi connectivity index (χ3n) is 2.46. The van der Waals surface area contributed by atoms with Crippen molar-refractivity contribution in [2.75, 3.05) is 12.4 Å². The fourth-order valence-corrected chi connectivity index (χ4v) is 1.54. The Morgan fingerprint density at radius 1 is 1.38 bits per heavy atom. The molecule has 3 nitrogen and oxygen atoms in total. The molecule has 88 valence electrons. The Kier molecular flexibility index (Phi) is 4.35. The van der Waals surface area contributed by atoms with E-state index in [2.05, 4.69) is 5.32 Å². The second-order valence-electron chi connectivity index (χ2n) is 4.26. The van der Waals surface area contributed by atoms with E-state index in [9.17, 15) is 4.79 Å². The highest BCUT2D eigenvalue weighted by Gasteiger charge is 2.22. The normalized spacial score (nSPS) is 12.3. The average molecular weight is 221 g/mol. The van der Waals surface area contributed by atoms with E-state index >= 15 is 0 Å². The molecule has 0 unspecified atom stereocenters. The summed E-state index contributed by atoms with van der Waals surface area (Å²) in [5.41, 5.74) is 2.11. The van der Waals surface area contributed by atoms with Crippen LogP contribution in [0.15, 0.2) is 24.3 Å². The molecule has 0 amide bonds. The first-order chi connectivity index (χ1) is 7.54. The SMILES string of the molecule is COC(=O)[C@@H](Nc1cccc(C)c1)C(C)C. The summed E-state index contributed by atoms with van der Waals surface area (Å²) in [5.74, 6) is -0.0375. The van der Waals surface area contributed by atoms with Crippen molar-refractivity contribution < 1.29 is 9.53 Å². The van der Waals surface area contributed by atoms with Crippen molar-refractivity contribution in [2.24, 2.45) is 5.92 Å². The Bertz CT molecular complexity index is 361. The van der Waals surface area contributed by atoms with E-state index in [1.165, 1.54) is 7.11 Å². The Morgan fingerprint density at radius 2 is 2.06 bits per heavy atom. The minimum atomic E-state index is -0.299. The molecule has 16 heavy (non-hydrogen) atoms. The zero-order chi connectivity index (χ0) is 12.1. The molecule has 0 spiro atoms. The van der Waals surface area contributed by atoms with Crippen LogP contribution in [0.1, 0.15) is 19.4 Å². The summed E-state index contributed by atoms with van der Waals surface area (Å²) in [4.78, 5) is 11.6. The number of carbonyl (C=O) groups excluding carboxylic acids is 1. The van der Waals surface area contributed by atoms with Gasteiger partial charge >= 0.3 is 5.97 Å². The minimum absolute atomic E-state index is 0.188. The van der Waals surface area contributed by atoms with Crippen LogP contribution in [0.25, 0.3) is 0 Å². The Morgan fingerprint density at radius 3 is 2.56 bits per heavy atom. The molecule has 1 aromatic carbocycles. The lowest BCUT2D eigenvalue weighted by Crippen LogP contribution is -2.35. The Hall–Kier alpha value is -1.51. The van der Waals surface area contributed by atoms with E-state index in [0.29, 0.717) is 0 Å². The molecule has 3 heteroatoms. The second kappa shape index (κ2) is 5.54. The van der Waals surface area contributed by atoms with Crippen LogP contribution >= 0.6 is 0 Å². The van der Waals surface area contributed by atoms with Crippen LogP contribution in [0.5, 0.6) is 0 Å². The Labute approximate surface area is 96.8 Å². The number of hydrogen-bond donors (Lipinski definition) is 1. The minimum Gasteiger partial charge on any atom is -0.467 e. The monoisotopic (exact) mass is 221 g/mol. The maximum absolute atomic E-state index is 11.6. The summed E-state index contributed by atoms with van der Waals surface area (Å²) in [6, 6.07) is 7.65. The highest BCUT2D eigenvalue weighted by Crippen LogP contribution is 2.15. The first-order valence-electron chi connectivity index (χ1n) is 5.45. The van der Waals surface area contributed by atoms with Gasteiger partial charge in [0, 0.05) is 5.69 Å². The molecule has 0 fully saturated rings. The molecule has 1 N–H and O–H groups in total. The first-order valence-corrected chi connectivity index (χ1v) is 5.45. The van der Waals surface area contributed by atoms with Gasteiger partial charge in [0.15, 0.2) is 0 Å². The van der Waals surface area contributed by atoms with Crippen molar-refractivity contribution in [3.63, 3.8) is 0 Å². The number of hydrogen-bond acceptors (Lipinski definition) is 3. The third kappa shape index (κ3) is 3.26. The molecule has 0 saturated carbocycles. The maximum Gasteiger partial charge on any atom is 0.328 e. The molecular weight excluding hydrogens is 202 g/mol. The third-order valence-corrected chi connectivity index (χ3v) is 2.46. The molecule has 1 aromatic rings. The van der Waals surface area contributed by atoms with Crippen LogP contribution in [0.3, 0.4) is 0 Å². The number of nitrogens with one attached hydrogen (secondary N) is 1. The number of esters is 1. The fourth-order valence-electron chi connectivity index (χ4n) is 1.54. The number of ether oxygens (including phenoxy) is 1. The highest BCUT2D eigenvalue weighted by atomic mass is 16.5. The second-order valence-corrected chi connectivity index (χ2v) is 4.26. The lowest BCUT2D eigenvalue weighted by atomic mass is 10.0. The first kappa shape index (κ1) is 12.6. The van der Waals surface area contributed by atoms with Gasteiger partial charge in [-0.05, 0) is 30.5 Å². The van der Waals surface area contributed by atoms with Gasteiger partial charge in [-0.25, -0.2) is 4.79 Å². The summed E-state index contributed by atoms with van der Waals surface area (Å²) in [5, 5.41) is 3.20. The van der Waals surface area contributed by atoms with Gasteiger partial charge in [0.25, 0.3) is 0 Å². The zero-order valence-corrected chi connectivity index (χ0v) is 10.3. The molecule has 0 aliphatic carbocycles. The zero-order valence-electron chi connectivity index (χ0n) is 10.3. The predicted octanol–water partition coefficient (Wildman–Crippen LogP) is 2.60. The van der Waals surface area contributed by atoms with Crippen LogP contribution in [-0.2, 0) is 9.53 Å². The van der Waals surface area contributed by atoms with Crippen molar-refractivity contribution in [3.05, 3.63) is 29.8 Å². The van der Waals surface area contributed by atoms with Gasteiger partial charge in [-0.2, -0.15) is 0 Å². The number of rotatable bonds is 4. The van der Waals surface area contributed by atoms with Gasteiger partial charge in [0.05, 0.1) is 7.11 Å². The van der Waals surface area contributed by atoms with Crippen molar-refractivity contribution >= 4 is 11.7 Å². The van der Waals surface area contributed by atoms with Crippen LogP contribution in [0, 0.1) is 12.8 Å². The molecule has 1 atom stereocenters. The van der Waals surface area contributed by atoms with Gasteiger partial charge in [0.1, 0.15) is 6.04 Å². The summed E-state index contributed by atoms with van der Waals surface area (Å²) >= 11 is 0. The molecule has 0 heterocycles. The molecule has 0 aromatic heterocycles. The number of aryl methyl sites for hydroxylation is 1. The van der Waals surface area contributed by atoms with Crippen LogP contribution in [-0.4, -0.2) is 19.1 Å². The van der Waals surface area contributed by atoms with Gasteiger partial charge in [-0.1, -0.05) is 26.0 Å². The lowest BCUT2D eigenvalue weighted by molar-refractivity contribution is -0.142. The fraction of sp³-hybridized carbons (Fsp3) is 0.462. The van der Waals surface area contributed by atoms with E-state index in [-0.39, 0.29) is 17.9 Å². The molecule has 1 rings (SSSR count). The largest absolute Gasteiger partial charge is 0.467 e. The van der Waals surface area contributed by atoms with Crippen LogP contribution < -0.4 is 5.32 Å². The van der Waals surface area contributed by atoms with E-state index < -0.39 is 0 Å². The van der Waals surface area contributed by atoms with Gasteiger partial charge in [-0.3, -0.25) is 0 Å². The van der Waals surface area contributed by atoms with Crippen molar-refractivity contribution in [3.8, 4) is 0 Å². The van der Waals surface area contributed by atoms with E-state index in [1.807, 2.05) is 45.0 Å². The van der Waals surface area contributed by atoms with Gasteiger partial charge in [0.2, 0.25) is 0 Å². The number of anilines is 1. The van der Waals surface area contributed by atoms with Crippen molar-refractivity contribution in [2.45, 2.75) is 26.8 Å².